The van der Waals surface area contributed by atoms with Crippen LogP contribution < -0.4 is 10.2 Å². The Balaban J connectivity index is 2.41. The molecule has 1 aromatic rings. The van der Waals surface area contributed by atoms with Crippen molar-refractivity contribution in [2.75, 3.05) is 25.0 Å². The molecule has 78 valence electrons. The van der Waals surface area contributed by atoms with E-state index in [1.54, 1.807) is 11.9 Å². The molecule has 0 unspecified atom stereocenters. The minimum Gasteiger partial charge on any atom is -0.341 e. The van der Waals surface area contributed by atoms with Gasteiger partial charge in [-0.15, -0.1) is 0 Å². The molecule has 15 heavy (non-hydrogen) atoms. The third-order valence-corrected chi connectivity index (χ3v) is 2.37. The second-order valence-electron chi connectivity index (χ2n) is 3.30. The summed E-state index contributed by atoms with van der Waals surface area (Å²) in [6.07, 6.45) is 1.82. The Morgan fingerprint density at radius 2 is 2.27 bits per heavy atom. The van der Waals surface area contributed by atoms with Crippen molar-refractivity contribution in [1.29, 1.82) is 0 Å². The first-order valence-corrected chi connectivity index (χ1v) is 4.91. The summed E-state index contributed by atoms with van der Waals surface area (Å²) in [5.41, 5.74) is 1.90. The molecule has 0 saturated carbocycles. The molecule has 2 rings (SSSR count). The van der Waals surface area contributed by atoms with Gasteiger partial charge in [-0.3, -0.25) is 9.89 Å². The summed E-state index contributed by atoms with van der Waals surface area (Å²) in [5, 5.41) is 2.63. The highest BCUT2D eigenvalue weighted by molar-refractivity contribution is 5.99. The Kier molecular flexibility index (Phi) is 2.67. The standard InChI is InChI=1S/C11H13N3O/c1-12-11(15)14-7-6-13-8-9-4-2-3-5-10(9)14/h2-5,8H,6-7H2,1H3,(H,12,15). The van der Waals surface area contributed by atoms with Crippen LogP contribution in [0.15, 0.2) is 29.3 Å². The van der Waals surface area contributed by atoms with Gasteiger partial charge in [0.25, 0.3) is 0 Å². The summed E-state index contributed by atoms with van der Waals surface area (Å²) in [6, 6.07) is 7.67. The van der Waals surface area contributed by atoms with Gasteiger partial charge in [0.15, 0.2) is 0 Å². The number of nitrogens with zero attached hydrogens (tertiary/aromatic N) is 2. The highest BCUT2D eigenvalue weighted by Gasteiger charge is 2.17. The lowest BCUT2D eigenvalue weighted by molar-refractivity contribution is 0.248. The number of carbonyl (C=O) groups is 1. The number of anilines is 1. The van der Waals surface area contributed by atoms with Gasteiger partial charge in [-0.05, 0) is 6.07 Å². The van der Waals surface area contributed by atoms with Gasteiger partial charge in [-0.2, -0.15) is 0 Å². The van der Waals surface area contributed by atoms with E-state index in [0.29, 0.717) is 13.1 Å². The van der Waals surface area contributed by atoms with Crippen molar-refractivity contribution in [1.82, 2.24) is 5.32 Å². The summed E-state index contributed by atoms with van der Waals surface area (Å²) >= 11 is 0. The maximum atomic E-state index is 11.6. The topological polar surface area (TPSA) is 44.7 Å². The highest BCUT2D eigenvalue weighted by atomic mass is 16.2. The fraction of sp³-hybridized carbons (Fsp3) is 0.273. The molecule has 4 nitrogen and oxygen atoms in total. The Bertz CT molecular complexity index is 401. The fourth-order valence-electron chi connectivity index (χ4n) is 1.63. The number of para-hydroxylation sites is 1. The van der Waals surface area contributed by atoms with Crippen molar-refractivity contribution in [3.05, 3.63) is 29.8 Å². The second kappa shape index (κ2) is 4.13. The Hall–Kier alpha value is -1.84. The number of nitrogens with one attached hydrogen (secondary N) is 1. The minimum absolute atomic E-state index is 0.0899. The van der Waals surface area contributed by atoms with Crippen LogP contribution in [0.25, 0.3) is 0 Å². The number of fused-ring (bicyclic) bond motifs is 1. The summed E-state index contributed by atoms with van der Waals surface area (Å²) in [6.45, 7) is 1.26. The molecule has 0 spiro atoms. The van der Waals surface area contributed by atoms with Crippen LogP contribution in [0.1, 0.15) is 5.56 Å². The maximum absolute atomic E-state index is 11.6. The van der Waals surface area contributed by atoms with Gasteiger partial charge in [0.2, 0.25) is 0 Å². The molecule has 2 amide bonds. The van der Waals surface area contributed by atoms with E-state index in [1.165, 1.54) is 0 Å². The smallest absolute Gasteiger partial charge is 0.321 e. The zero-order valence-corrected chi connectivity index (χ0v) is 8.60. The largest absolute Gasteiger partial charge is 0.341 e. The first-order chi connectivity index (χ1) is 7.33. The van der Waals surface area contributed by atoms with Crippen molar-refractivity contribution < 1.29 is 4.79 Å². The molecule has 1 aromatic carbocycles. The first-order valence-electron chi connectivity index (χ1n) is 4.91. The number of rotatable bonds is 0. The van der Waals surface area contributed by atoms with Crippen LogP contribution in [0.4, 0.5) is 10.5 Å². The fourth-order valence-corrected chi connectivity index (χ4v) is 1.63. The number of urea groups is 1. The Morgan fingerprint density at radius 3 is 3.07 bits per heavy atom. The van der Waals surface area contributed by atoms with E-state index in [0.717, 1.165) is 11.3 Å². The van der Waals surface area contributed by atoms with E-state index < -0.39 is 0 Å². The van der Waals surface area contributed by atoms with E-state index in [4.69, 9.17) is 0 Å². The van der Waals surface area contributed by atoms with Crippen molar-refractivity contribution in [3.63, 3.8) is 0 Å². The number of amides is 2. The van der Waals surface area contributed by atoms with E-state index in [9.17, 15) is 4.79 Å². The van der Waals surface area contributed by atoms with E-state index >= 15 is 0 Å². The minimum atomic E-state index is -0.0899. The maximum Gasteiger partial charge on any atom is 0.321 e. The normalized spacial score (nSPS) is 14.3. The molecule has 0 aliphatic carbocycles. The van der Waals surface area contributed by atoms with Crippen LogP contribution in [-0.2, 0) is 0 Å². The van der Waals surface area contributed by atoms with Crippen molar-refractivity contribution in [2.45, 2.75) is 0 Å². The Labute approximate surface area is 88.6 Å². The van der Waals surface area contributed by atoms with Gasteiger partial charge in [0.05, 0.1) is 12.2 Å². The van der Waals surface area contributed by atoms with Gasteiger partial charge in [0.1, 0.15) is 0 Å². The number of benzene rings is 1. The SMILES string of the molecule is CNC(=O)N1CCN=Cc2ccccc21. The Morgan fingerprint density at radius 1 is 1.47 bits per heavy atom. The van der Waals surface area contributed by atoms with E-state index in [-0.39, 0.29) is 6.03 Å². The molecule has 0 fully saturated rings. The van der Waals surface area contributed by atoms with Crippen LogP contribution in [0.3, 0.4) is 0 Å². The molecular weight excluding hydrogens is 190 g/mol. The lowest BCUT2D eigenvalue weighted by Gasteiger charge is -2.21. The van der Waals surface area contributed by atoms with Gasteiger partial charge in [0, 0.05) is 25.4 Å². The molecule has 0 atom stereocenters. The molecule has 1 heterocycles. The zero-order chi connectivity index (χ0) is 10.7. The number of carbonyl (C=O) groups excluding carboxylic acids is 1. The molecule has 0 bridgehead atoms. The van der Waals surface area contributed by atoms with Gasteiger partial charge < -0.3 is 5.32 Å². The van der Waals surface area contributed by atoms with Crippen molar-refractivity contribution in [2.24, 2.45) is 4.99 Å². The average molecular weight is 203 g/mol. The zero-order valence-electron chi connectivity index (χ0n) is 8.60. The summed E-state index contributed by atoms with van der Waals surface area (Å²) in [4.78, 5) is 17.6. The third kappa shape index (κ3) is 1.83. The molecule has 4 heteroatoms. The van der Waals surface area contributed by atoms with Gasteiger partial charge >= 0.3 is 6.03 Å². The number of hydrogen-bond donors (Lipinski definition) is 1. The van der Waals surface area contributed by atoms with Gasteiger partial charge in [-0.25, -0.2) is 4.79 Å². The lowest BCUT2D eigenvalue weighted by Crippen LogP contribution is -2.39. The quantitative estimate of drug-likeness (QED) is 0.678. The molecule has 0 radical (unpaired) electrons. The summed E-state index contributed by atoms with van der Waals surface area (Å²) in [7, 11) is 1.64. The van der Waals surface area contributed by atoms with Crippen LogP contribution in [-0.4, -0.2) is 32.4 Å². The van der Waals surface area contributed by atoms with Crippen molar-refractivity contribution >= 4 is 17.9 Å². The van der Waals surface area contributed by atoms with Crippen LogP contribution in [0, 0.1) is 0 Å². The number of aliphatic imine (C=N–C) groups is 1. The first kappa shape index (κ1) is 9.71. The molecule has 1 aliphatic heterocycles. The molecule has 0 aromatic heterocycles. The lowest BCUT2D eigenvalue weighted by atomic mass is 10.2. The highest BCUT2D eigenvalue weighted by Crippen LogP contribution is 2.20. The molecule has 0 saturated heterocycles. The summed E-state index contributed by atoms with van der Waals surface area (Å²) in [5.74, 6) is 0. The summed E-state index contributed by atoms with van der Waals surface area (Å²) < 4.78 is 0. The third-order valence-electron chi connectivity index (χ3n) is 2.37. The second-order valence-corrected chi connectivity index (χ2v) is 3.30. The van der Waals surface area contributed by atoms with E-state index in [2.05, 4.69) is 10.3 Å². The molecular formula is C11H13N3O. The van der Waals surface area contributed by atoms with Crippen LogP contribution in [0.2, 0.25) is 0 Å². The monoisotopic (exact) mass is 203 g/mol. The molecule has 1 N–H and O–H groups in total. The predicted octanol–water partition coefficient (Wildman–Crippen LogP) is 1.26. The predicted molar refractivity (Wildman–Crippen MR) is 60.7 cm³/mol. The van der Waals surface area contributed by atoms with Crippen LogP contribution >= 0.6 is 0 Å². The average Bonchev–Trinajstić information content (AvgIpc) is 2.50. The van der Waals surface area contributed by atoms with E-state index in [1.807, 2.05) is 30.5 Å². The molecule has 1 aliphatic rings. The number of hydrogen-bond acceptors (Lipinski definition) is 2. The van der Waals surface area contributed by atoms with Crippen molar-refractivity contribution in [3.8, 4) is 0 Å². The van der Waals surface area contributed by atoms with Gasteiger partial charge in [-0.1, -0.05) is 18.2 Å². The number of benzodiazepines with no additional fused rings is 1. The van der Waals surface area contributed by atoms with Crippen LogP contribution in [0.5, 0.6) is 0 Å².